The molecule has 0 heterocycles. The Morgan fingerprint density at radius 3 is 2.26 bits per heavy atom. The van der Waals surface area contributed by atoms with E-state index in [0.29, 0.717) is 11.6 Å². The molecule has 0 radical (unpaired) electrons. The Kier molecular flexibility index (Phi) is 3.40. The van der Waals surface area contributed by atoms with E-state index in [1.807, 2.05) is 12.1 Å². The molecule has 19 heavy (non-hydrogen) atoms. The number of carboxylic acid groups (broad SMARTS) is 1. The summed E-state index contributed by atoms with van der Waals surface area (Å²) in [6.45, 7) is 8.80. The lowest BCUT2D eigenvalue weighted by molar-refractivity contribution is 0.0697. The van der Waals surface area contributed by atoms with Gasteiger partial charge in [-0.3, -0.25) is 0 Å². The number of carboxylic acids is 1. The van der Waals surface area contributed by atoms with Crippen LogP contribution >= 0.6 is 0 Å². The first kappa shape index (κ1) is 13.7. The molecular weight excluding hydrogens is 238 g/mol. The first-order valence-electron chi connectivity index (χ1n) is 6.57. The van der Waals surface area contributed by atoms with Crippen molar-refractivity contribution in [1.29, 1.82) is 0 Å². The average molecular weight is 259 g/mol. The van der Waals surface area contributed by atoms with Crippen LogP contribution in [0.3, 0.4) is 0 Å². The highest BCUT2D eigenvalue weighted by atomic mass is 16.4. The molecule has 2 rings (SSSR count). The Labute approximate surface area is 114 Å². The summed E-state index contributed by atoms with van der Waals surface area (Å²) in [6.07, 6.45) is 1.13. The molecule has 1 aromatic carbocycles. The van der Waals surface area contributed by atoms with Gasteiger partial charge in [-0.25, -0.2) is 4.79 Å². The summed E-state index contributed by atoms with van der Waals surface area (Å²) in [5, 5.41) is 12.4. The lowest BCUT2D eigenvalue weighted by atomic mass is 9.62. The van der Waals surface area contributed by atoms with Crippen LogP contribution in [0.2, 0.25) is 0 Å². The predicted octanol–water partition coefficient (Wildman–Crippen LogP) is 3.93. The first-order chi connectivity index (χ1) is 8.81. The van der Waals surface area contributed by atoms with Crippen LogP contribution < -0.4 is 5.32 Å². The summed E-state index contributed by atoms with van der Waals surface area (Å²) >= 11 is 0. The number of carbonyl (C=O) groups is 1. The third kappa shape index (κ3) is 2.65. The van der Waals surface area contributed by atoms with E-state index in [1.165, 1.54) is 11.1 Å². The first-order valence-corrected chi connectivity index (χ1v) is 6.57. The molecule has 0 aromatic heterocycles. The Bertz CT molecular complexity index is 522. The maximum Gasteiger partial charge on any atom is 0.335 e. The summed E-state index contributed by atoms with van der Waals surface area (Å²) in [7, 11) is 0. The van der Waals surface area contributed by atoms with Crippen LogP contribution in [0.4, 0.5) is 5.69 Å². The number of anilines is 1. The van der Waals surface area contributed by atoms with Gasteiger partial charge in [0, 0.05) is 5.69 Å². The zero-order valence-electron chi connectivity index (χ0n) is 11.9. The third-order valence-corrected chi connectivity index (χ3v) is 3.86. The van der Waals surface area contributed by atoms with Crippen LogP contribution in [0.5, 0.6) is 0 Å². The van der Waals surface area contributed by atoms with E-state index in [-0.39, 0.29) is 5.41 Å². The van der Waals surface area contributed by atoms with Gasteiger partial charge in [-0.15, -0.1) is 0 Å². The quantitative estimate of drug-likeness (QED) is 0.808. The van der Waals surface area contributed by atoms with Crippen molar-refractivity contribution in [1.82, 2.24) is 0 Å². The van der Waals surface area contributed by atoms with Gasteiger partial charge in [0.25, 0.3) is 0 Å². The molecule has 0 aliphatic heterocycles. The summed E-state index contributed by atoms with van der Waals surface area (Å²) < 4.78 is 0. The Hall–Kier alpha value is -1.77. The van der Waals surface area contributed by atoms with E-state index in [1.54, 1.807) is 12.1 Å². The molecule has 0 spiro atoms. The highest BCUT2D eigenvalue weighted by molar-refractivity contribution is 5.88. The van der Waals surface area contributed by atoms with Crippen molar-refractivity contribution < 1.29 is 9.90 Å². The maximum absolute atomic E-state index is 10.8. The summed E-state index contributed by atoms with van der Waals surface area (Å²) in [6, 6.07) is 7.28. The second kappa shape index (κ2) is 4.72. The summed E-state index contributed by atoms with van der Waals surface area (Å²) in [5.74, 6) is -0.888. The molecule has 3 heteroatoms. The van der Waals surface area contributed by atoms with Gasteiger partial charge in [-0.2, -0.15) is 0 Å². The van der Waals surface area contributed by atoms with Crippen LogP contribution in [0.1, 0.15) is 44.5 Å². The molecular formula is C16H21NO2. The fraction of sp³-hybridized carbons (Fsp3) is 0.438. The van der Waals surface area contributed by atoms with Gasteiger partial charge < -0.3 is 10.4 Å². The van der Waals surface area contributed by atoms with Crippen LogP contribution in [0, 0.1) is 5.41 Å². The predicted molar refractivity (Wildman–Crippen MR) is 77.6 cm³/mol. The van der Waals surface area contributed by atoms with Crippen molar-refractivity contribution in [2.75, 3.05) is 5.32 Å². The van der Waals surface area contributed by atoms with Gasteiger partial charge in [0.2, 0.25) is 0 Å². The number of rotatable bonds is 3. The normalized spacial score (nSPS) is 20.6. The van der Waals surface area contributed by atoms with E-state index in [2.05, 4.69) is 33.0 Å². The highest BCUT2D eigenvalue weighted by Gasteiger charge is 2.43. The van der Waals surface area contributed by atoms with Crippen molar-refractivity contribution in [3.8, 4) is 0 Å². The van der Waals surface area contributed by atoms with Gasteiger partial charge in [-0.1, -0.05) is 19.4 Å². The van der Waals surface area contributed by atoms with Crippen molar-refractivity contribution >= 4 is 11.7 Å². The van der Waals surface area contributed by atoms with E-state index < -0.39 is 5.97 Å². The van der Waals surface area contributed by atoms with Crippen molar-refractivity contribution in [3.63, 3.8) is 0 Å². The zero-order chi connectivity index (χ0) is 14.2. The molecule has 0 amide bonds. The second-order valence-electron chi connectivity index (χ2n) is 6.15. The van der Waals surface area contributed by atoms with E-state index in [4.69, 9.17) is 5.11 Å². The smallest absolute Gasteiger partial charge is 0.335 e. The largest absolute Gasteiger partial charge is 0.478 e. The number of aromatic carboxylic acids is 1. The second-order valence-corrected chi connectivity index (χ2v) is 6.15. The Balaban J connectivity index is 2.16. The Morgan fingerprint density at radius 1 is 1.26 bits per heavy atom. The summed E-state index contributed by atoms with van der Waals surface area (Å²) in [5.41, 5.74) is 4.38. The van der Waals surface area contributed by atoms with Crippen LogP contribution in [-0.2, 0) is 0 Å². The van der Waals surface area contributed by atoms with Crippen LogP contribution in [0.25, 0.3) is 0 Å². The topological polar surface area (TPSA) is 49.3 Å². The fourth-order valence-corrected chi connectivity index (χ4v) is 2.66. The lowest BCUT2D eigenvalue weighted by Crippen LogP contribution is -2.48. The minimum absolute atomic E-state index is 0.248. The minimum Gasteiger partial charge on any atom is -0.478 e. The van der Waals surface area contributed by atoms with Gasteiger partial charge in [0.15, 0.2) is 0 Å². The van der Waals surface area contributed by atoms with Crippen LogP contribution in [-0.4, -0.2) is 17.1 Å². The molecule has 3 nitrogen and oxygen atoms in total. The SMILES string of the molecule is CC(C)=C1CC(C)(C)C1Nc1ccc(C(=O)O)cc1. The van der Waals surface area contributed by atoms with E-state index in [0.717, 1.165) is 12.1 Å². The minimum atomic E-state index is -0.888. The maximum atomic E-state index is 10.8. The Morgan fingerprint density at radius 2 is 1.84 bits per heavy atom. The standard InChI is InChI=1S/C16H21NO2/c1-10(2)13-9-16(3,4)14(13)17-12-7-5-11(6-8-12)15(18)19/h5-8,14,17H,9H2,1-4H3,(H,18,19). The molecule has 1 aliphatic rings. The molecule has 0 bridgehead atoms. The lowest BCUT2D eigenvalue weighted by Gasteiger charge is -2.49. The molecule has 102 valence electrons. The molecule has 1 aliphatic carbocycles. The number of nitrogens with one attached hydrogen (secondary N) is 1. The molecule has 1 fully saturated rings. The van der Waals surface area contributed by atoms with Crippen LogP contribution in [0.15, 0.2) is 35.4 Å². The number of benzene rings is 1. The average Bonchev–Trinajstić information content (AvgIpc) is 2.34. The highest BCUT2D eigenvalue weighted by Crippen LogP contribution is 2.47. The molecule has 2 N–H and O–H groups in total. The number of hydrogen-bond donors (Lipinski definition) is 2. The van der Waals surface area contributed by atoms with Gasteiger partial charge in [-0.05, 0) is 55.5 Å². The molecule has 1 aromatic rings. The molecule has 1 atom stereocenters. The van der Waals surface area contributed by atoms with Gasteiger partial charge in [0.1, 0.15) is 0 Å². The van der Waals surface area contributed by atoms with Gasteiger partial charge in [0.05, 0.1) is 11.6 Å². The fourth-order valence-electron chi connectivity index (χ4n) is 2.66. The number of allylic oxidation sites excluding steroid dienone is 1. The van der Waals surface area contributed by atoms with Gasteiger partial charge >= 0.3 is 5.97 Å². The zero-order valence-corrected chi connectivity index (χ0v) is 11.9. The number of hydrogen-bond acceptors (Lipinski definition) is 2. The van der Waals surface area contributed by atoms with E-state index >= 15 is 0 Å². The van der Waals surface area contributed by atoms with Crippen molar-refractivity contribution in [2.45, 2.75) is 40.2 Å². The third-order valence-electron chi connectivity index (χ3n) is 3.86. The van der Waals surface area contributed by atoms with Crippen molar-refractivity contribution in [3.05, 3.63) is 41.0 Å². The monoisotopic (exact) mass is 259 g/mol. The summed E-state index contributed by atoms with van der Waals surface area (Å²) in [4.78, 5) is 10.8. The van der Waals surface area contributed by atoms with E-state index in [9.17, 15) is 4.79 Å². The van der Waals surface area contributed by atoms with Crippen molar-refractivity contribution in [2.24, 2.45) is 5.41 Å². The molecule has 1 saturated carbocycles. The molecule has 0 saturated heterocycles. The molecule has 1 unspecified atom stereocenters.